The molecule has 0 aliphatic heterocycles. The molecule has 0 heterocycles. The van der Waals surface area contributed by atoms with Crippen LogP contribution in [0.5, 0.6) is 0 Å². The number of rotatable bonds is 8. The SMILES string of the molecule is CCCC1(CNC(=O)C(CC)(CC)CN)CCC1. The lowest BCUT2D eigenvalue weighted by Gasteiger charge is -2.43. The molecule has 0 aromatic heterocycles. The van der Waals surface area contributed by atoms with Crippen molar-refractivity contribution in [2.75, 3.05) is 13.1 Å². The van der Waals surface area contributed by atoms with E-state index >= 15 is 0 Å². The summed E-state index contributed by atoms with van der Waals surface area (Å²) >= 11 is 0. The second-order valence-electron chi connectivity index (χ2n) is 5.98. The predicted molar refractivity (Wildman–Crippen MR) is 76.3 cm³/mol. The lowest BCUT2D eigenvalue weighted by molar-refractivity contribution is -0.132. The normalized spacial score (nSPS) is 18.2. The van der Waals surface area contributed by atoms with Crippen molar-refractivity contribution in [2.45, 2.75) is 65.7 Å². The van der Waals surface area contributed by atoms with E-state index < -0.39 is 0 Å². The summed E-state index contributed by atoms with van der Waals surface area (Å²) in [5, 5.41) is 3.18. The highest BCUT2D eigenvalue weighted by Crippen LogP contribution is 2.44. The molecular formula is C15H30N2O. The van der Waals surface area contributed by atoms with Gasteiger partial charge in [0.05, 0.1) is 5.41 Å². The maximum Gasteiger partial charge on any atom is 0.227 e. The van der Waals surface area contributed by atoms with Gasteiger partial charge in [-0.15, -0.1) is 0 Å². The van der Waals surface area contributed by atoms with Gasteiger partial charge in [0.25, 0.3) is 0 Å². The zero-order valence-electron chi connectivity index (χ0n) is 12.3. The highest BCUT2D eigenvalue weighted by atomic mass is 16.2. The Bertz CT molecular complexity index is 259. The van der Waals surface area contributed by atoms with E-state index in [4.69, 9.17) is 5.73 Å². The molecule has 1 aliphatic rings. The van der Waals surface area contributed by atoms with Crippen LogP contribution in [0.2, 0.25) is 0 Å². The summed E-state index contributed by atoms with van der Waals surface area (Å²) in [5.74, 6) is 0.164. The van der Waals surface area contributed by atoms with E-state index in [0.717, 1.165) is 19.4 Å². The lowest BCUT2D eigenvalue weighted by Crippen LogP contribution is -2.50. The van der Waals surface area contributed by atoms with Crippen LogP contribution in [-0.4, -0.2) is 19.0 Å². The van der Waals surface area contributed by atoms with Gasteiger partial charge in [0.1, 0.15) is 0 Å². The van der Waals surface area contributed by atoms with Crippen molar-refractivity contribution >= 4 is 5.91 Å². The van der Waals surface area contributed by atoms with Gasteiger partial charge in [0.2, 0.25) is 5.91 Å². The highest BCUT2D eigenvalue weighted by Gasteiger charge is 2.39. The zero-order valence-corrected chi connectivity index (χ0v) is 12.3. The van der Waals surface area contributed by atoms with Crippen molar-refractivity contribution in [3.63, 3.8) is 0 Å². The van der Waals surface area contributed by atoms with Crippen LogP contribution in [-0.2, 0) is 4.79 Å². The van der Waals surface area contributed by atoms with Gasteiger partial charge in [-0.2, -0.15) is 0 Å². The number of nitrogens with two attached hydrogens (primary N) is 1. The fourth-order valence-electron chi connectivity index (χ4n) is 3.13. The van der Waals surface area contributed by atoms with Gasteiger partial charge in [0, 0.05) is 13.1 Å². The van der Waals surface area contributed by atoms with Crippen LogP contribution < -0.4 is 11.1 Å². The molecule has 1 rings (SSSR count). The first-order valence-electron chi connectivity index (χ1n) is 7.56. The maximum absolute atomic E-state index is 12.4. The minimum atomic E-state index is -0.350. The minimum absolute atomic E-state index is 0.164. The number of nitrogens with one attached hydrogen (secondary N) is 1. The molecule has 1 amide bonds. The minimum Gasteiger partial charge on any atom is -0.355 e. The topological polar surface area (TPSA) is 55.1 Å². The molecule has 0 radical (unpaired) electrons. The van der Waals surface area contributed by atoms with Gasteiger partial charge >= 0.3 is 0 Å². The Labute approximate surface area is 112 Å². The number of hydrogen-bond donors (Lipinski definition) is 2. The van der Waals surface area contributed by atoms with Crippen molar-refractivity contribution in [1.29, 1.82) is 0 Å². The van der Waals surface area contributed by atoms with E-state index in [2.05, 4.69) is 26.1 Å². The van der Waals surface area contributed by atoms with E-state index in [9.17, 15) is 4.79 Å². The average Bonchev–Trinajstić information content (AvgIpc) is 2.35. The first-order valence-corrected chi connectivity index (χ1v) is 7.56. The number of carbonyl (C=O) groups is 1. The average molecular weight is 254 g/mol. The van der Waals surface area contributed by atoms with Crippen molar-refractivity contribution in [1.82, 2.24) is 5.32 Å². The van der Waals surface area contributed by atoms with Crippen LogP contribution in [0.1, 0.15) is 65.7 Å². The summed E-state index contributed by atoms with van der Waals surface area (Å²) in [6.07, 6.45) is 7.96. The monoisotopic (exact) mass is 254 g/mol. The van der Waals surface area contributed by atoms with E-state index in [1.54, 1.807) is 0 Å². The number of carbonyl (C=O) groups excluding carboxylic acids is 1. The molecule has 18 heavy (non-hydrogen) atoms. The zero-order chi connectivity index (χ0) is 13.6. The molecule has 1 aliphatic carbocycles. The fraction of sp³-hybridized carbons (Fsp3) is 0.933. The van der Waals surface area contributed by atoms with Crippen LogP contribution >= 0.6 is 0 Å². The van der Waals surface area contributed by atoms with Crippen LogP contribution in [0.25, 0.3) is 0 Å². The van der Waals surface area contributed by atoms with Crippen LogP contribution in [0.15, 0.2) is 0 Å². The predicted octanol–water partition coefficient (Wildman–Crippen LogP) is 2.84. The van der Waals surface area contributed by atoms with Gasteiger partial charge < -0.3 is 11.1 Å². The molecule has 3 heteroatoms. The summed E-state index contributed by atoms with van der Waals surface area (Å²) in [5.41, 5.74) is 5.86. The molecule has 0 aromatic rings. The summed E-state index contributed by atoms with van der Waals surface area (Å²) in [7, 11) is 0. The van der Waals surface area contributed by atoms with Crippen LogP contribution in [0.4, 0.5) is 0 Å². The third-order valence-corrected chi connectivity index (χ3v) is 5.04. The van der Waals surface area contributed by atoms with Crippen molar-refractivity contribution in [3.8, 4) is 0 Å². The molecule has 0 atom stereocenters. The third kappa shape index (κ3) is 3.05. The second-order valence-corrected chi connectivity index (χ2v) is 5.98. The molecule has 1 fully saturated rings. The summed E-state index contributed by atoms with van der Waals surface area (Å²) in [4.78, 5) is 12.4. The second kappa shape index (κ2) is 6.55. The first-order chi connectivity index (χ1) is 8.58. The Morgan fingerprint density at radius 3 is 2.22 bits per heavy atom. The Kier molecular flexibility index (Phi) is 5.64. The van der Waals surface area contributed by atoms with Gasteiger partial charge in [-0.25, -0.2) is 0 Å². The standard InChI is InChI=1S/C15H30N2O/c1-4-8-14(9-7-10-14)12-17-13(18)15(5-2,6-3)11-16/h4-12,16H2,1-3H3,(H,17,18). The van der Waals surface area contributed by atoms with Gasteiger partial charge in [0.15, 0.2) is 0 Å². The molecule has 0 unspecified atom stereocenters. The Hall–Kier alpha value is -0.570. The van der Waals surface area contributed by atoms with Crippen LogP contribution in [0, 0.1) is 10.8 Å². The van der Waals surface area contributed by atoms with E-state index in [1.807, 2.05) is 0 Å². The Balaban J connectivity index is 2.53. The summed E-state index contributed by atoms with van der Waals surface area (Å²) in [6.45, 7) is 7.64. The highest BCUT2D eigenvalue weighted by molar-refractivity contribution is 5.82. The number of hydrogen-bond acceptors (Lipinski definition) is 2. The third-order valence-electron chi connectivity index (χ3n) is 5.04. The van der Waals surface area contributed by atoms with Gasteiger partial charge in [-0.05, 0) is 37.5 Å². The maximum atomic E-state index is 12.4. The lowest BCUT2D eigenvalue weighted by atomic mass is 9.66. The first kappa shape index (κ1) is 15.5. The molecule has 106 valence electrons. The number of amides is 1. The molecule has 1 saturated carbocycles. The summed E-state index contributed by atoms with van der Waals surface area (Å²) < 4.78 is 0. The Morgan fingerprint density at radius 2 is 1.89 bits per heavy atom. The molecule has 3 N–H and O–H groups in total. The molecule has 3 nitrogen and oxygen atoms in total. The molecule has 0 spiro atoms. The van der Waals surface area contributed by atoms with Gasteiger partial charge in [-0.1, -0.05) is 33.6 Å². The van der Waals surface area contributed by atoms with E-state index in [-0.39, 0.29) is 11.3 Å². The van der Waals surface area contributed by atoms with Crippen molar-refractivity contribution < 1.29 is 4.79 Å². The van der Waals surface area contributed by atoms with Crippen molar-refractivity contribution in [3.05, 3.63) is 0 Å². The molecular weight excluding hydrogens is 224 g/mol. The molecule has 0 bridgehead atoms. The molecule has 0 aromatic carbocycles. The van der Waals surface area contributed by atoms with Gasteiger partial charge in [-0.3, -0.25) is 4.79 Å². The van der Waals surface area contributed by atoms with Crippen molar-refractivity contribution in [2.24, 2.45) is 16.6 Å². The van der Waals surface area contributed by atoms with E-state index in [0.29, 0.717) is 12.0 Å². The van der Waals surface area contributed by atoms with E-state index in [1.165, 1.54) is 32.1 Å². The fourth-order valence-corrected chi connectivity index (χ4v) is 3.13. The summed E-state index contributed by atoms with van der Waals surface area (Å²) in [6, 6.07) is 0. The smallest absolute Gasteiger partial charge is 0.227 e. The largest absolute Gasteiger partial charge is 0.355 e. The van der Waals surface area contributed by atoms with Crippen LogP contribution in [0.3, 0.4) is 0 Å². The quantitative estimate of drug-likeness (QED) is 0.700. The Morgan fingerprint density at radius 1 is 1.28 bits per heavy atom. The molecule has 0 saturated heterocycles.